The van der Waals surface area contributed by atoms with Crippen LogP contribution in [0.4, 0.5) is 4.79 Å². The number of amides is 1. The van der Waals surface area contributed by atoms with Gasteiger partial charge in [-0.2, -0.15) is 0 Å². The molecule has 2 rings (SSSR count). The van der Waals surface area contributed by atoms with Crippen LogP contribution < -0.4 is 0 Å². The number of hydrogen-bond donors (Lipinski definition) is 0. The molecule has 1 amide bonds. The van der Waals surface area contributed by atoms with E-state index < -0.39 is 5.60 Å². The van der Waals surface area contributed by atoms with Crippen LogP contribution >= 0.6 is 0 Å². The number of hydrogen-bond acceptors (Lipinski definition) is 4. The van der Waals surface area contributed by atoms with Gasteiger partial charge in [0.15, 0.2) is 6.29 Å². The Bertz CT molecular complexity index is 502. The summed E-state index contributed by atoms with van der Waals surface area (Å²) in [5.74, 6) is 0.721. The zero-order valence-corrected chi connectivity index (χ0v) is 11.7. The Balaban J connectivity index is 2.18. The molecule has 2 heterocycles. The highest BCUT2D eigenvalue weighted by Crippen LogP contribution is 2.26. The third kappa shape index (κ3) is 2.77. The first kappa shape index (κ1) is 13.6. The van der Waals surface area contributed by atoms with Crippen LogP contribution in [0.1, 0.15) is 50.0 Å². The minimum Gasteiger partial charge on any atom is -0.444 e. The second kappa shape index (κ2) is 4.68. The number of imidazole rings is 1. The topological polar surface area (TPSA) is 64.4 Å². The molecule has 1 aliphatic heterocycles. The lowest BCUT2D eigenvalue weighted by Gasteiger charge is -2.35. The van der Waals surface area contributed by atoms with Gasteiger partial charge in [-0.1, -0.05) is 0 Å². The van der Waals surface area contributed by atoms with E-state index in [0.717, 1.165) is 12.1 Å². The standard InChI is InChI=1S/C13H19N3O3/c1-9-11-14-10(8-17)7-15(11)5-6-16(9)12(18)19-13(2,3)4/h7-9H,5-6H2,1-4H3. The summed E-state index contributed by atoms with van der Waals surface area (Å²) in [6.07, 6.45) is 2.09. The SMILES string of the molecule is CC1c2nc(C=O)cn2CCN1C(=O)OC(C)(C)C. The Morgan fingerprint density at radius 3 is 2.74 bits per heavy atom. The zero-order valence-electron chi connectivity index (χ0n) is 11.7. The fourth-order valence-corrected chi connectivity index (χ4v) is 2.14. The highest BCUT2D eigenvalue weighted by atomic mass is 16.6. The van der Waals surface area contributed by atoms with E-state index in [1.807, 2.05) is 32.3 Å². The number of ether oxygens (including phenoxy) is 1. The molecule has 1 aliphatic rings. The molecule has 1 aromatic rings. The maximum Gasteiger partial charge on any atom is 0.410 e. The van der Waals surface area contributed by atoms with Crippen LogP contribution in [0.5, 0.6) is 0 Å². The van der Waals surface area contributed by atoms with Crippen molar-refractivity contribution in [1.29, 1.82) is 0 Å². The van der Waals surface area contributed by atoms with Crippen molar-refractivity contribution >= 4 is 12.4 Å². The summed E-state index contributed by atoms with van der Waals surface area (Å²) in [6.45, 7) is 8.58. The number of aromatic nitrogens is 2. The lowest BCUT2D eigenvalue weighted by Crippen LogP contribution is -2.43. The molecule has 0 saturated carbocycles. The van der Waals surface area contributed by atoms with Crippen LogP contribution in [0.15, 0.2) is 6.20 Å². The molecule has 0 bridgehead atoms. The average Bonchev–Trinajstić information content (AvgIpc) is 2.71. The van der Waals surface area contributed by atoms with Crippen molar-refractivity contribution in [3.05, 3.63) is 17.7 Å². The van der Waals surface area contributed by atoms with Gasteiger partial charge in [0.25, 0.3) is 0 Å². The quantitative estimate of drug-likeness (QED) is 0.729. The van der Waals surface area contributed by atoms with Gasteiger partial charge >= 0.3 is 6.09 Å². The van der Waals surface area contributed by atoms with Gasteiger partial charge in [-0.25, -0.2) is 9.78 Å². The van der Waals surface area contributed by atoms with Crippen LogP contribution in [0, 0.1) is 0 Å². The van der Waals surface area contributed by atoms with E-state index in [-0.39, 0.29) is 12.1 Å². The summed E-state index contributed by atoms with van der Waals surface area (Å²) in [5.41, 5.74) is -0.120. The third-order valence-corrected chi connectivity index (χ3v) is 3.00. The van der Waals surface area contributed by atoms with Crippen LogP contribution in [-0.2, 0) is 11.3 Å². The van der Waals surface area contributed by atoms with Crippen molar-refractivity contribution in [2.45, 2.75) is 45.9 Å². The fourth-order valence-electron chi connectivity index (χ4n) is 2.14. The van der Waals surface area contributed by atoms with Crippen molar-refractivity contribution < 1.29 is 14.3 Å². The first-order valence-corrected chi connectivity index (χ1v) is 6.33. The van der Waals surface area contributed by atoms with E-state index in [4.69, 9.17) is 4.74 Å². The van der Waals surface area contributed by atoms with Gasteiger partial charge in [0.1, 0.15) is 17.1 Å². The molecular formula is C13H19N3O3. The predicted octanol–water partition coefficient (Wildman–Crippen LogP) is 2.01. The highest BCUT2D eigenvalue weighted by molar-refractivity contribution is 5.72. The zero-order chi connectivity index (χ0) is 14.2. The van der Waals surface area contributed by atoms with E-state index in [1.165, 1.54) is 0 Å². The number of fused-ring (bicyclic) bond motifs is 1. The lowest BCUT2D eigenvalue weighted by molar-refractivity contribution is 0.0121. The van der Waals surface area contributed by atoms with Crippen molar-refractivity contribution in [3.63, 3.8) is 0 Å². The first-order valence-electron chi connectivity index (χ1n) is 6.33. The van der Waals surface area contributed by atoms with E-state index >= 15 is 0 Å². The monoisotopic (exact) mass is 265 g/mol. The van der Waals surface area contributed by atoms with Crippen LogP contribution in [0.2, 0.25) is 0 Å². The Labute approximate surface area is 112 Å². The summed E-state index contributed by atoms with van der Waals surface area (Å²) in [7, 11) is 0. The van der Waals surface area contributed by atoms with Gasteiger partial charge in [-0.15, -0.1) is 0 Å². The number of carbonyl (C=O) groups is 2. The minimum atomic E-state index is -0.516. The Hall–Kier alpha value is -1.85. The normalized spacial score (nSPS) is 18.9. The van der Waals surface area contributed by atoms with Crippen molar-refractivity contribution in [1.82, 2.24) is 14.5 Å². The van der Waals surface area contributed by atoms with E-state index in [0.29, 0.717) is 18.8 Å². The van der Waals surface area contributed by atoms with Gasteiger partial charge in [-0.3, -0.25) is 9.69 Å². The number of aldehydes is 1. The smallest absolute Gasteiger partial charge is 0.410 e. The second-order valence-electron chi connectivity index (χ2n) is 5.68. The molecular weight excluding hydrogens is 246 g/mol. The molecule has 1 atom stereocenters. The third-order valence-electron chi connectivity index (χ3n) is 3.00. The number of carbonyl (C=O) groups excluding carboxylic acids is 2. The van der Waals surface area contributed by atoms with E-state index in [1.54, 1.807) is 11.1 Å². The van der Waals surface area contributed by atoms with Crippen LogP contribution in [0.25, 0.3) is 0 Å². The molecule has 0 radical (unpaired) electrons. The highest BCUT2D eigenvalue weighted by Gasteiger charge is 2.32. The molecule has 6 heteroatoms. The average molecular weight is 265 g/mol. The van der Waals surface area contributed by atoms with Crippen molar-refractivity contribution in [2.75, 3.05) is 6.54 Å². The predicted molar refractivity (Wildman–Crippen MR) is 69.0 cm³/mol. The Kier molecular flexibility index (Phi) is 3.34. The largest absolute Gasteiger partial charge is 0.444 e. The van der Waals surface area contributed by atoms with Crippen LogP contribution in [-0.4, -0.2) is 39.0 Å². The van der Waals surface area contributed by atoms with Crippen LogP contribution in [0.3, 0.4) is 0 Å². The van der Waals surface area contributed by atoms with Gasteiger partial charge in [-0.05, 0) is 27.7 Å². The van der Waals surface area contributed by atoms with E-state index in [2.05, 4.69) is 4.98 Å². The van der Waals surface area contributed by atoms with Crippen molar-refractivity contribution in [2.24, 2.45) is 0 Å². The summed E-state index contributed by atoms with van der Waals surface area (Å²) < 4.78 is 7.29. The second-order valence-corrected chi connectivity index (χ2v) is 5.68. The number of rotatable bonds is 1. The molecule has 19 heavy (non-hydrogen) atoms. The summed E-state index contributed by atoms with van der Waals surface area (Å²) in [4.78, 5) is 28.7. The molecule has 1 aromatic heterocycles. The first-order chi connectivity index (χ1) is 8.81. The molecule has 0 N–H and O–H groups in total. The fraction of sp³-hybridized carbons (Fsp3) is 0.615. The molecule has 0 saturated heterocycles. The molecule has 0 fully saturated rings. The Morgan fingerprint density at radius 2 is 2.16 bits per heavy atom. The molecule has 104 valence electrons. The van der Waals surface area contributed by atoms with Gasteiger partial charge in [0.05, 0.1) is 6.04 Å². The van der Waals surface area contributed by atoms with Gasteiger partial charge < -0.3 is 9.30 Å². The molecule has 6 nitrogen and oxygen atoms in total. The molecule has 0 aliphatic carbocycles. The summed E-state index contributed by atoms with van der Waals surface area (Å²) in [6, 6.07) is -0.197. The lowest BCUT2D eigenvalue weighted by atomic mass is 10.2. The maximum absolute atomic E-state index is 12.1. The Morgan fingerprint density at radius 1 is 1.47 bits per heavy atom. The van der Waals surface area contributed by atoms with E-state index in [9.17, 15) is 9.59 Å². The molecule has 1 unspecified atom stereocenters. The van der Waals surface area contributed by atoms with Gasteiger partial charge in [0.2, 0.25) is 0 Å². The maximum atomic E-state index is 12.1. The van der Waals surface area contributed by atoms with Crippen molar-refractivity contribution in [3.8, 4) is 0 Å². The summed E-state index contributed by atoms with van der Waals surface area (Å²) in [5, 5.41) is 0. The summed E-state index contributed by atoms with van der Waals surface area (Å²) >= 11 is 0. The number of nitrogens with zero attached hydrogens (tertiary/aromatic N) is 3. The molecule has 0 aromatic carbocycles. The molecule has 0 spiro atoms. The van der Waals surface area contributed by atoms with Gasteiger partial charge in [0, 0.05) is 19.3 Å². The minimum absolute atomic E-state index is 0.197.